The number of hydrogen-bond donors (Lipinski definition) is 2. The molecule has 0 aliphatic carbocycles. The third-order valence-corrected chi connectivity index (χ3v) is 5.05. The van der Waals surface area contributed by atoms with Crippen LogP contribution in [-0.2, 0) is 13.1 Å². The third-order valence-electron chi connectivity index (χ3n) is 4.49. The van der Waals surface area contributed by atoms with Gasteiger partial charge in [-0.05, 0) is 40.7 Å². The molecule has 1 aromatic rings. The van der Waals surface area contributed by atoms with Crippen LogP contribution in [0.4, 0.5) is 0 Å². The van der Waals surface area contributed by atoms with E-state index in [1.807, 2.05) is 33.8 Å². The van der Waals surface area contributed by atoms with Crippen LogP contribution in [0, 0.1) is 6.92 Å². The van der Waals surface area contributed by atoms with Gasteiger partial charge in [-0.2, -0.15) is 0 Å². The van der Waals surface area contributed by atoms with Gasteiger partial charge in [-0.25, -0.2) is 0 Å². The molecule has 29 heavy (non-hydrogen) atoms. The molecule has 0 fully saturated rings. The normalized spacial score (nSPS) is 16.2. The summed E-state index contributed by atoms with van der Waals surface area (Å²) in [6.45, 7) is 13.0. The summed E-state index contributed by atoms with van der Waals surface area (Å²) < 4.78 is 0. The molecule has 168 valence electrons. The summed E-state index contributed by atoms with van der Waals surface area (Å²) in [6.07, 6.45) is 0. The molecule has 0 heterocycles. The number of rotatable bonds is 12. The van der Waals surface area contributed by atoms with E-state index in [1.165, 1.54) is 0 Å². The third kappa shape index (κ3) is 9.71. The van der Waals surface area contributed by atoms with Gasteiger partial charge >= 0.3 is 0 Å². The van der Waals surface area contributed by atoms with E-state index in [0.717, 1.165) is 11.1 Å². The average molecular weight is 488 g/mol. The Bertz CT molecular complexity index is 569. The van der Waals surface area contributed by atoms with E-state index in [9.17, 15) is 10.2 Å². The van der Waals surface area contributed by atoms with Crippen molar-refractivity contribution in [2.75, 3.05) is 26.2 Å². The Morgan fingerprint density at radius 3 is 1.21 bits per heavy atom. The fraction of sp³-hybridized carbons (Fsp3) is 0.714. The van der Waals surface area contributed by atoms with Crippen LogP contribution in [0.3, 0.4) is 0 Å². The van der Waals surface area contributed by atoms with Crippen molar-refractivity contribution >= 4 is 46.4 Å². The number of aromatic hydroxyl groups is 2. The topological polar surface area (TPSA) is 46.9 Å². The predicted molar refractivity (Wildman–Crippen MR) is 126 cm³/mol. The maximum Gasteiger partial charge on any atom is 0.126 e. The van der Waals surface area contributed by atoms with Crippen molar-refractivity contribution in [1.29, 1.82) is 0 Å². The number of alkyl halides is 4. The zero-order chi connectivity index (χ0) is 22.3. The lowest BCUT2D eigenvalue weighted by atomic mass is 10.0. The second-order valence-corrected chi connectivity index (χ2v) is 11.0. The van der Waals surface area contributed by atoms with E-state index >= 15 is 0 Å². The number of phenolic OH excluding ortho intramolecular Hbond substituents is 2. The first-order chi connectivity index (χ1) is 13.4. The Labute approximate surface area is 195 Å². The summed E-state index contributed by atoms with van der Waals surface area (Å²) in [4.78, 5) is 4.23. The van der Waals surface area contributed by atoms with Crippen molar-refractivity contribution in [2.45, 2.75) is 69.2 Å². The number of nitrogens with zero attached hydrogens (tertiary/aromatic N) is 2. The smallest absolute Gasteiger partial charge is 0.126 e. The van der Waals surface area contributed by atoms with Crippen LogP contribution >= 0.6 is 46.4 Å². The van der Waals surface area contributed by atoms with Crippen molar-refractivity contribution in [3.63, 3.8) is 0 Å². The quantitative estimate of drug-likeness (QED) is 0.381. The summed E-state index contributed by atoms with van der Waals surface area (Å²) in [5.74, 6) is 0.201. The van der Waals surface area contributed by atoms with Crippen molar-refractivity contribution in [1.82, 2.24) is 9.80 Å². The number of halogens is 4. The molecule has 4 atom stereocenters. The highest BCUT2D eigenvalue weighted by Gasteiger charge is 2.21. The molecule has 1 rings (SSSR count). The molecule has 0 saturated carbocycles. The van der Waals surface area contributed by atoms with Crippen LogP contribution in [0.1, 0.15) is 44.4 Å². The fourth-order valence-electron chi connectivity index (χ4n) is 3.49. The minimum atomic E-state index is -0.0452. The van der Waals surface area contributed by atoms with Gasteiger partial charge in [0, 0.05) is 77.5 Å². The predicted octanol–water partition coefficient (Wildman–Crippen LogP) is 5.52. The van der Waals surface area contributed by atoms with E-state index in [0.29, 0.717) is 44.8 Å². The van der Waals surface area contributed by atoms with Crippen molar-refractivity contribution in [2.24, 2.45) is 0 Å². The summed E-state index contributed by atoms with van der Waals surface area (Å²) in [5, 5.41) is 21.1. The molecule has 0 radical (unpaired) electrons. The van der Waals surface area contributed by atoms with Gasteiger partial charge in [0.05, 0.1) is 0 Å². The van der Waals surface area contributed by atoms with Gasteiger partial charge in [-0.3, -0.25) is 9.80 Å². The van der Waals surface area contributed by atoms with Crippen LogP contribution in [-0.4, -0.2) is 67.7 Å². The Morgan fingerprint density at radius 1 is 0.690 bits per heavy atom. The first kappa shape index (κ1) is 26.9. The summed E-state index contributed by atoms with van der Waals surface area (Å²) >= 11 is 24.8. The van der Waals surface area contributed by atoms with Crippen LogP contribution in [0.5, 0.6) is 11.5 Å². The molecule has 0 aliphatic rings. The lowest BCUT2D eigenvalue weighted by molar-refractivity contribution is 0.260. The number of benzene rings is 1. The molecule has 2 N–H and O–H groups in total. The van der Waals surface area contributed by atoms with E-state index in [-0.39, 0.29) is 33.0 Å². The highest BCUT2D eigenvalue weighted by molar-refractivity contribution is 6.21. The second kappa shape index (κ2) is 12.7. The summed E-state index contributed by atoms with van der Waals surface area (Å²) in [6, 6.07) is 1.85. The molecule has 0 saturated heterocycles. The summed E-state index contributed by atoms with van der Waals surface area (Å²) in [7, 11) is 0. The molecule has 0 amide bonds. The molecular formula is C21H34Cl4N2O2. The molecule has 0 bridgehead atoms. The van der Waals surface area contributed by atoms with Gasteiger partial charge in [0.2, 0.25) is 0 Å². The Kier molecular flexibility index (Phi) is 11.8. The van der Waals surface area contributed by atoms with Crippen LogP contribution < -0.4 is 0 Å². The highest BCUT2D eigenvalue weighted by Crippen LogP contribution is 2.35. The van der Waals surface area contributed by atoms with Gasteiger partial charge < -0.3 is 10.2 Å². The lowest BCUT2D eigenvalue weighted by Gasteiger charge is -2.28. The first-order valence-electron chi connectivity index (χ1n) is 9.94. The molecular weight excluding hydrogens is 454 g/mol. The number of hydrogen-bond acceptors (Lipinski definition) is 4. The van der Waals surface area contributed by atoms with Crippen molar-refractivity contribution < 1.29 is 10.2 Å². The van der Waals surface area contributed by atoms with Gasteiger partial charge in [-0.1, -0.05) is 0 Å². The molecule has 0 aliphatic heterocycles. The van der Waals surface area contributed by atoms with Crippen molar-refractivity contribution in [3.8, 4) is 11.5 Å². The highest BCUT2D eigenvalue weighted by atomic mass is 35.5. The Balaban J connectivity index is 3.18. The summed E-state index contributed by atoms with van der Waals surface area (Å²) in [5.41, 5.74) is 1.94. The maximum absolute atomic E-state index is 10.6. The van der Waals surface area contributed by atoms with E-state index in [4.69, 9.17) is 46.4 Å². The molecule has 8 heteroatoms. The number of phenols is 2. The Hall–Kier alpha value is -0.100. The van der Waals surface area contributed by atoms with Crippen molar-refractivity contribution in [3.05, 3.63) is 22.8 Å². The monoisotopic (exact) mass is 486 g/mol. The first-order valence-corrected chi connectivity index (χ1v) is 11.7. The van der Waals surface area contributed by atoms with Crippen LogP contribution in [0.25, 0.3) is 0 Å². The van der Waals surface area contributed by atoms with Gasteiger partial charge in [0.15, 0.2) is 0 Å². The minimum Gasteiger partial charge on any atom is -0.507 e. The molecule has 0 spiro atoms. The molecule has 1 aromatic carbocycles. The lowest BCUT2D eigenvalue weighted by Crippen LogP contribution is -2.34. The second-order valence-electron chi connectivity index (χ2n) is 8.03. The molecule has 0 aromatic heterocycles. The van der Waals surface area contributed by atoms with Crippen LogP contribution in [0.15, 0.2) is 6.07 Å². The van der Waals surface area contributed by atoms with E-state index in [1.54, 1.807) is 6.92 Å². The standard InChI is InChI=1S/C21H34Cl4N2O2/c1-13(22)7-26(8-14(2)23)11-18-6-19(21(29)17(5)20(18)28)12-27(9-15(3)24)10-16(4)25/h6,13-16,28-29H,7-12H2,1-5H3/t13-,14-,15-,16+/m1/s1. The van der Waals surface area contributed by atoms with Gasteiger partial charge in [0.25, 0.3) is 0 Å². The SMILES string of the molecule is Cc1c(O)c(CN(C[C@H](C)Cl)C[C@@H](C)Cl)cc(CN(C[C@@H](C)Cl)C[C@@H](C)Cl)c1O. The zero-order valence-electron chi connectivity index (χ0n) is 17.9. The Morgan fingerprint density at radius 2 is 0.966 bits per heavy atom. The molecule has 0 unspecified atom stereocenters. The van der Waals surface area contributed by atoms with Gasteiger partial charge in [0.1, 0.15) is 11.5 Å². The zero-order valence-corrected chi connectivity index (χ0v) is 21.0. The largest absolute Gasteiger partial charge is 0.507 e. The fourth-order valence-corrected chi connectivity index (χ4v) is 4.27. The molecule has 4 nitrogen and oxygen atoms in total. The maximum atomic E-state index is 10.6. The average Bonchev–Trinajstić information content (AvgIpc) is 2.54. The minimum absolute atomic E-state index is 0.0452. The van der Waals surface area contributed by atoms with E-state index < -0.39 is 0 Å². The van der Waals surface area contributed by atoms with Crippen LogP contribution in [0.2, 0.25) is 0 Å². The van der Waals surface area contributed by atoms with E-state index in [2.05, 4.69) is 9.80 Å². The van der Waals surface area contributed by atoms with Gasteiger partial charge in [-0.15, -0.1) is 46.4 Å².